The van der Waals surface area contributed by atoms with Crippen molar-refractivity contribution in [2.45, 2.75) is 26.3 Å². The quantitative estimate of drug-likeness (QED) is 0.219. The number of benzene rings is 2. The highest BCUT2D eigenvalue weighted by atomic mass is 16.5. The Morgan fingerprint density at radius 3 is 1.71 bits per heavy atom. The number of aromatic nitrogens is 4. The van der Waals surface area contributed by atoms with Crippen LogP contribution in [0.4, 0.5) is 0 Å². The van der Waals surface area contributed by atoms with Crippen LogP contribution in [0.2, 0.25) is 0 Å². The molecule has 0 bridgehead atoms. The number of carbonyl (C=O) groups excluding carboxylic acids is 1. The molecule has 0 aliphatic carbocycles. The van der Waals surface area contributed by atoms with Gasteiger partial charge in [-0.1, -0.05) is 12.1 Å². The van der Waals surface area contributed by atoms with Crippen LogP contribution in [0.1, 0.15) is 11.1 Å². The summed E-state index contributed by atoms with van der Waals surface area (Å²) in [6.07, 6.45) is 5.12. The van der Waals surface area contributed by atoms with Crippen molar-refractivity contribution in [3.8, 4) is 0 Å². The van der Waals surface area contributed by atoms with E-state index in [0.717, 1.165) is 39.2 Å². The number of carbonyl (C=O) groups is 1. The monoisotopic (exact) mass is 566 g/mol. The number of nitrogens with zero attached hydrogens (tertiary/aromatic N) is 4. The second kappa shape index (κ2) is 12.8. The summed E-state index contributed by atoms with van der Waals surface area (Å²) in [5.41, 5.74) is 4.55. The Balaban J connectivity index is 0.000000168. The maximum absolute atomic E-state index is 12.5. The second-order valence-electron chi connectivity index (χ2n) is 9.65. The Bertz CT molecular complexity index is 2030. The van der Waals surface area contributed by atoms with Gasteiger partial charge < -0.3 is 19.4 Å². The zero-order valence-corrected chi connectivity index (χ0v) is 23.3. The molecule has 10 nitrogen and oxygen atoms in total. The number of rotatable bonds is 8. The lowest BCUT2D eigenvalue weighted by Gasteiger charge is -2.12. The zero-order chi connectivity index (χ0) is 29.6. The van der Waals surface area contributed by atoms with Crippen LogP contribution in [-0.2, 0) is 40.6 Å². The molecule has 0 amide bonds. The van der Waals surface area contributed by atoms with Crippen LogP contribution in [0, 0.1) is 0 Å². The molecule has 0 saturated heterocycles. The minimum absolute atomic E-state index is 0.0918. The number of aldehydes is 1. The van der Waals surface area contributed by atoms with Crippen LogP contribution in [0.5, 0.6) is 0 Å². The lowest BCUT2D eigenvalue weighted by atomic mass is 10.1. The second-order valence-corrected chi connectivity index (χ2v) is 9.65. The molecule has 2 aromatic carbocycles. The minimum Gasteiger partial charge on any atom is -0.396 e. The van der Waals surface area contributed by atoms with E-state index in [-0.39, 0.29) is 31.2 Å². The van der Waals surface area contributed by atoms with Crippen LogP contribution < -0.4 is 11.1 Å². The minimum atomic E-state index is -0.129. The molecule has 10 heteroatoms. The highest BCUT2D eigenvalue weighted by Crippen LogP contribution is 2.24. The van der Waals surface area contributed by atoms with Crippen LogP contribution in [-0.4, -0.2) is 51.3 Å². The van der Waals surface area contributed by atoms with Gasteiger partial charge in [0.2, 0.25) is 0 Å². The third-order valence-corrected chi connectivity index (χ3v) is 7.02. The van der Waals surface area contributed by atoms with Gasteiger partial charge in [-0.2, -0.15) is 0 Å². The van der Waals surface area contributed by atoms with E-state index in [9.17, 15) is 14.4 Å². The van der Waals surface area contributed by atoms with Crippen molar-refractivity contribution in [1.82, 2.24) is 19.1 Å². The van der Waals surface area contributed by atoms with Gasteiger partial charge in [0.1, 0.15) is 19.7 Å². The Morgan fingerprint density at radius 2 is 1.24 bits per heavy atom. The molecule has 0 radical (unpaired) electrons. The van der Waals surface area contributed by atoms with Gasteiger partial charge in [0, 0.05) is 50.4 Å². The lowest BCUT2D eigenvalue weighted by Crippen LogP contribution is -2.22. The average molecular weight is 567 g/mol. The SMILES string of the molecule is COCn1c(=O)c2cccnc2c2cc(CC=O)ccc21.COCn1c(=O)c2cccnc2c2cc(CCO)ccc21. The Hall–Kier alpha value is -4.77. The topological polar surface area (TPSA) is 126 Å². The third-order valence-electron chi connectivity index (χ3n) is 7.02. The van der Waals surface area contributed by atoms with Crippen molar-refractivity contribution in [2.24, 2.45) is 0 Å². The maximum Gasteiger partial charge on any atom is 0.262 e. The van der Waals surface area contributed by atoms with Gasteiger partial charge in [0.25, 0.3) is 11.1 Å². The highest BCUT2D eigenvalue weighted by molar-refractivity contribution is 6.04. The van der Waals surface area contributed by atoms with E-state index in [2.05, 4.69) is 9.97 Å². The molecule has 0 unspecified atom stereocenters. The zero-order valence-electron chi connectivity index (χ0n) is 23.3. The van der Waals surface area contributed by atoms with E-state index >= 15 is 0 Å². The number of hydrogen-bond donors (Lipinski definition) is 1. The number of aliphatic hydroxyl groups is 1. The van der Waals surface area contributed by atoms with Crippen molar-refractivity contribution >= 4 is 49.9 Å². The normalized spacial score (nSPS) is 11.2. The van der Waals surface area contributed by atoms with Crippen LogP contribution in [0.25, 0.3) is 43.6 Å². The highest BCUT2D eigenvalue weighted by Gasteiger charge is 2.13. The van der Waals surface area contributed by atoms with Gasteiger partial charge in [-0.25, -0.2) is 0 Å². The van der Waals surface area contributed by atoms with Crippen molar-refractivity contribution in [3.05, 3.63) is 105 Å². The van der Waals surface area contributed by atoms with E-state index < -0.39 is 0 Å². The van der Waals surface area contributed by atoms with Gasteiger partial charge in [-0.15, -0.1) is 0 Å². The molecule has 0 spiro atoms. The van der Waals surface area contributed by atoms with Gasteiger partial charge in [0.05, 0.1) is 32.8 Å². The molecule has 42 heavy (non-hydrogen) atoms. The third kappa shape index (κ3) is 5.42. The first-order valence-electron chi connectivity index (χ1n) is 13.3. The predicted molar refractivity (Wildman–Crippen MR) is 162 cm³/mol. The van der Waals surface area contributed by atoms with Gasteiger partial charge in [0.15, 0.2) is 0 Å². The van der Waals surface area contributed by atoms with Gasteiger partial charge in [-0.3, -0.25) is 28.7 Å². The lowest BCUT2D eigenvalue weighted by molar-refractivity contribution is -0.107. The summed E-state index contributed by atoms with van der Waals surface area (Å²) in [6.45, 7) is 0.460. The molecule has 0 aliphatic rings. The number of hydrogen-bond acceptors (Lipinski definition) is 8. The number of pyridine rings is 4. The summed E-state index contributed by atoms with van der Waals surface area (Å²) in [4.78, 5) is 44.5. The smallest absolute Gasteiger partial charge is 0.262 e. The first-order chi connectivity index (χ1) is 20.5. The summed E-state index contributed by atoms with van der Waals surface area (Å²) >= 11 is 0. The molecule has 4 aromatic heterocycles. The summed E-state index contributed by atoms with van der Waals surface area (Å²) in [5.74, 6) is 0. The standard InChI is InChI=1S/C16H16N2O3.C16H14N2O3/c2*1-21-10-18-14-5-4-11(6-8-19)9-13(14)15-12(16(18)20)3-2-7-17-15/h2-5,7,9,19H,6,8,10H2,1H3;2-5,7-9H,6,10H2,1H3. The molecule has 6 aromatic rings. The molecular formula is C32H30N4O6. The molecule has 0 aliphatic heterocycles. The Morgan fingerprint density at radius 1 is 0.738 bits per heavy atom. The van der Waals surface area contributed by atoms with Gasteiger partial charge >= 0.3 is 0 Å². The number of ether oxygens (including phenoxy) is 2. The number of fused-ring (bicyclic) bond motifs is 6. The molecule has 0 saturated carbocycles. The van der Waals surface area contributed by atoms with Crippen molar-refractivity contribution < 1.29 is 19.4 Å². The summed E-state index contributed by atoms with van der Waals surface area (Å²) in [7, 11) is 3.11. The van der Waals surface area contributed by atoms with Crippen LogP contribution in [0.15, 0.2) is 82.6 Å². The van der Waals surface area contributed by atoms with Crippen LogP contribution in [0.3, 0.4) is 0 Å². The van der Waals surface area contributed by atoms with Crippen LogP contribution >= 0.6 is 0 Å². The first-order valence-corrected chi connectivity index (χ1v) is 13.3. The molecule has 4 heterocycles. The van der Waals surface area contributed by atoms with E-state index in [1.807, 2.05) is 36.4 Å². The Labute approximate surface area is 240 Å². The van der Waals surface area contributed by atoms with Crippen molar-refractivity contribution in [2.75, 3.05) is 20.8 Å². The predicted octanol–water partition coefficient (Wildman–Crippen LogP) is 3.58. The maximum atomic E-state index is 12.5. The van der Waals surface area contributed by atoms with E-state index in [1.165, 1.54) is 0 Å². The summed E-state index contributed by atoms with van der Waals surface area (Å²) in [5, 5.41) is 12.0. The molecule has 1 N–H and O–H groups in total. The Kier molecular flexibility index (Phi) is 8.77. The number of aliphatic hydroxyl groups excluding tert-OH is 1. The van der Waals surface area contributed by atoms with E-state index in [4.69, 9.17) is 14.6 Å². The fourth-order valence-electron chi connectivity index (χ4n) is 5.13. The summed E-state index contributed by atoms with van der Waals surface area (Å²) in [6, 6.07) is 18.4. The molecule has 214 valence electrons. The molecular weight excluding hydrogens is 536 g/mol. The molecule has 6 rings (SSSR count). The average Bonchev–Trinajstić information content (AvgIpc) is 3.02. The van der Waals surface area contributed by atoms with Crippen molar-refractivity contribution in [3.63, 3.8) is 0 Å². The number of methoxy groups -OCH3 is 2. The fraction of sp³-hybridized carbons (Fsp3) is 0.219. The van der Waals surface area contributed by atoms with E-state index in [1.54, 1.807) is 60.0 Å². The first kappa shape index (κ1) is 28.7. The molecule has 0 fully saturated rings. The van der Waals surface area contributed by atoms with Crippen molar-refractivity contribution in [1.29, 1.82) is 0 Å². The summed E-state index contributed by atoms with van der Waals surface area (Å²) < 4.78 is 13.4. The van der Waals surface area contributed by atoms with E-state index in [0.29, 0.717) is 34.6 Å². The largest absolute Gasteiger partial charge is 0.396 e. The fourth-order valence-corrected chi connectivity index (χ4v) is 5.13. The molecule has 0 atom stereocenters. The van der Waals surface area contributed by atoms with Gasteiger partial charge in [-0.05, 0) is 66.1 Å².